The number of piperazine rings is 1. The largest absolute Gasteiger partial charge is 0.352 e. The van der Waals surface area contributed by atoms with Crippen molar-refractivity contribution in [3.8, 4) is 0 Å². The van der Waals surface area contributed by atoms with Gasteiger partial charge in [0.25, 0.3) is 11.5 Å². The molecule has 7 heteroatoms. The predicted molar refractivity (Wildman–Crippen MR) is 89.6 cm³/mol. The molecule has 1 aliphatic heterocycles. The molecule has 3 rings (SSSR count). The molecule has 1 N–H and O–H groups in total. The molecule has 1 aromatic heterocycles. The fourth-order valence-corrected chi connectivity index (χ4v) is 2.93. The maximum absolute atomic E-state index is 13.2. The van der Waals surface area contributed by atoms with Crippen LogP contribution in [0.2, 0.25) is 0 Å². The van der Waals surface area contributed by atoms with Crippen LogP contribution < -0.4 is 10.9 Å². The van der Waals surface area contributed by atoms with Gasteiger partial charge < -0.3 is 14.8 Å². The molecule has 0 radical (unpaired) electrons. The molecule has 0 spiro atoms. The van der Waals surface area contributed by atoms with E-state index in [1.807, 2.05) is 6.92 Å². The van der Waals surface area contributed by atoms with Crippen molar-refractivity contribution in [1.82, 2.24) is 14.8 Å². The number of benzene rings is 1. The van der Waals surface area contributed by atoms with Crippen LogP contribution in [0.15, 0.2) is 47.4 Å². The lowest BCUT2D eigenvalue weighted by molar-refractivity contribution is -0.128. The van der Waals surface area contributed by atoms with E-state index in [4.69, 9.17) is 0 Å². The summed E-state index contributed by atoms with van der Waals surface area (Å²) in [5, 5.41) is 2.72. The Morgan fingerprint density at radius 2 is 1.96 bits per heavy atom. The van der Waals surface area contributed by atoms with Crippen molar-refractivity contribution in [2.45, 2.75) is 19.5 Å². The summed E-state index contributed by atoms with van der Waals surface area (Å²) in [6.07, 6.45) is 1.56. The first-order valence-corrected chi connectivity index (χ1v) is 8.06. The monoisotopic (exact) mass is 343 g/mol. The van der Waals surface area contributed by atoms with E-state index in [9.17, 15) is 18.8 Å². The SMILES string of the molecule is CCn1ccc(C(=O)N2CCNC(=O)[C@H]2c2ccc(F)cc2)cc1=O. The molecule has 1 saturated heterocycles. The van der Waals surface area contributed by atoms with Crippen molar-refractivity contribution in [2.75, 3.05) is 13.1 Å². The minimum absolute atomic E-state index is 0.233. The summed E-state index contributed by atoms with van der Waals surface area (Å²) < 4.78 is 14.7. The van der Waals surface area contributed by atoms with Gasteiger partial charge in [0.15, 0.2) is 0 Å². The fourth-order valence-electron chi connectivity index (χ4n) is 2.93. The van der Waals surface area contributed by atoms with E-state index in [1.165, 1.54) is 39.8 Å². The number of pyridine rings is 1. The summed E-state index contributed by atoms with van der Waals surface area (Å²) in [5.41, 5.74) is 0.485. The van der Waals surface area contributed by atoms with Crippen LogP contribution in [0.1, 0.15) is 28.9 Å². The molecule has 2 heterocycles. The minimum Gasteiger partial charge on any atom is -0.352 e. The van der Waals surface area contributed by atoms with Gasteiger partial charge in [0, 0.05) is 37.5 Å². The molecule has 1 fully saturated rings. The van der Waals surface area contributed by atoms with E-state index in [1.54, 1.807) is 12.3 Å². The van der Waals surface area contributed by atoms with Crippen molar-refractivity contribution >= 4 is 11.8 Å². The van der Waals surface area contributed by atoms with Gasteiger partial charge >= 0.3 is 0 Å². The van der Waals surface area contributed by atoms with Crippen molar-refractivity contribution < 1.29 is 14.0 Å². The molecule has 130 valence electrons. The number of halogens is 1. The molecule has 1 aromatic carbocycles. The lowest BCUT2D eigenvalue weighted by Crippen LogP contribution is -2.52. The van der Waals surface area contributed by atoms with Crippen LogP contribution >= 0.6 is 0 Å². The Bertz CT molecular complexity index is 861. The molecule has 0 saturated carbocycles. The van der Waals surface area contributed by atoms with E-state index in [2.05, 4.69) is 5.32 Å². The molecule has 2 aromatic rings. The molecule has 1 aliphatic rings. The van der Waals surface area contributed by atoms with Crippen molar-refractivity contribution in [1.29, 1.82) is 0 Å². The number of hydrogen-bond acceptors (Lipinski definition) is 3. The zero-order valence-corrected chi connectivity index (χ0v) is 13.7. The summed E-state index contributed by atoms with van der Waals surface area (Å²) in [5.74, 6) is -1.14. The normalized spacial score (nSPS) is 17.3. The van der Waals surface area contributed by atoms with Gasteiger partial charge in [-0.1, -0.05) is 12.1 Å². The quantitative estimate of drug-likeness (QED) is 0.914. The highest BCUT2D eigenvalue weighted by Gasteiger charge is 2.34. The summed E-state index contributed by atoms with van der Waals surface area (Å²) in [4.78, 5) is 38.6. The molecule has 6 nitrogen and oxygen atoms in total. The Balaban J connectivity index is 1.96. The van der Waals surface area contributed by atoms with Gasteiger partial charge in [-0.25, -0.2) is 4.39 Å². The van der Waals surface area contributed by atoms with Gasteiger partial charge in [-0.3, -0.25) is 14.4 Å². The molecular weight excluding hydrogens is 325 g/mol. The Kier molecular flexibility index (Phi) is 4.65. The van der Waals surface area contributed by atoms with Gasteiger partial charge in [-0.2, -0.15) is 0 Å². The molecule has 25 heavy (non-hydrogen) atoms. The number of hydrogen-bond donors (Lipinski definition) is 1. The first kappa shape index (κ1) is 16.9. The third-order valence-corrected chi connectivity index (χ3v) is 4.24. The van der Waals surface area contributed by atoms with Crippen molar-refractivity contribution in [3.05, 3.63) is 69.9 Å². The fraction of sp³-hybridized carbons (Fsp3) is 0.278. The van der Waals surface area contributed by atoms with Crippen LogP contribution in [-0.2, 0) is 11.3 Å². The van der Waals surface area contributed by atoms with Crippen molar-refractivity contribution in [2.24, 2.45) is 0 Å². The maximum Gasteiger partial charge on any atom is 0.255 e. The van der Waals surface area contributed by atoms with Gasteiger partial charge in [0.1, 0.15) is 11.9 Å². The predicted octanol–water partition coefficient (Wildman–Crippen LogP) is 1.32. The Morgan fingerprint density at radius 1 is 1.24 bits per heavy atom. The zero-order valence-electron chi connectivity index (χ0n) is 13.7. The number of nitrogens with one attached hydrogen (secondary N) is 1. The van der Waals surface area contributed by atoms with Gasteiger partial charge in [-0.05, 0) is 30.7 Å². The second-order valence-corrected chi connectivity index (χ2v) is 5.78. The highest BCUT2D eigenvalue weighted by molar-refractivity contribution is 5.98. The molecule has 0 unspecified atom stereocenters. The highest BCUT2D eigenvalue weighted by atomic mass is 19.1. The number of carbonyl (C=O) groups excluding carboxylic acids is 2. The summed E-state index contributed by atoms with van der Waals surface area (Å²) in [7, 11) is 0. The Labute approximate surface area is 143 Å². The Hall–Kier alpha value is -2.96. The zero-order chi connectivity index (χ0) is 18.0. The van der Waals surface area contributed by atoms with Crippen LogP contribution in [0.5, 0.6) is 0 Å². The van der Waals surface area contributed by atoms with Gasteiger partial charge in [0.2, 0.25) is 5.91 Å². The van der Waals surface area contributed by atoms with Crippen LogP contribution in [0.25, 0.3) is 0 Å². The number of carbonyl (C=O) groups is 2. The molecule has 2 amide bonds. The average molecular weight is 343 g/mol. The first-order valence-electron chi connectivity index (χ1n) is 8.06. The average Bonchev–Trinajstić information content (AvgIpc) is 2.62. The van der Waals surface area contributed by atoms with E-state index in [-0.39, 0.29) is 17.0 Å². The van der Waals surface area contributed by atoms with Gasteiger partial charge in [0.05, 0.1) is 0 Å². The number of nitrogens with zero attached hydrogens (tertiary/aromatic N) is 2. The summed E-state index contributed by atoms with van der Waals surface area (Å²) in [6.45, 7) is 2.98. The number of amides is 2. The topological polar surface area (TPSA) is 71.4 Å². The second kappa shape index (κ2) is 6.88. The second-order valence-electron chi connectivity index (χ2n) is 5.78. The van der Waals surface area contributed by atoms with E-state index >= 15 is 0 Å². The van der Waals surface area contributed by atoms with Crippen LogP contribution in [0.4, 0.5) is 4.39 Å². The third-order valence-electron chi connectivity index (χ3n) is 4.24. The maximum atomic E-state index is 13.2. The van der Waals surface area contributed by atoms with Crippen LogP contribution in [0, 0.1) is 5.82 Å². The van der Waals surface area contributed by atoms with E-state index in [0.717, 1.165) is 0 Å². The number of aryl methyl sites for hydroxylation is 1. The van der Waals surface area contributed by atoms with E-state index in [0.29, 0.717) is 25.2 Å². The Morgan fingerprint density at radius 3 is 2.60 bits per heavy atom. The molecule has 1 atom stereocenters. The lowest BCUT2D eigenvalue weighted by Gasteiger charge is -2.35. The van der Waals surface area contributed by atoms with E-state index < -0.39 is 17.8 Å². The number of rotatable bonds is 3. The lowest BCUT2D eigenvalue weighted by atomic mass is 10.0. The standard InChI is InChI=1S/C18H18FN3O3/c1-2-21-9-7-13(11-15(21)23)18(25)22-10-8-20-17(24)16(22)12-3-5-14(19)6-4-12/h3-7,9,11,16H,2,8,10H2,1H3,(H,20,24)/t16-/m1/s1. The molecule has 0 bridgehead atoms. The molecule has 0 aliphatic carbocycles. The smallest absolute Gasteiger partial charge is 0.255 e. The third kappa shape index (κ3) is 3.31. The van der Waals surface area contributed by atoms with Crippen LogP contribution in [0.3, 0.4) is 0 Å². The summed E-state index contributed by atoms with van der Waals surface area (Å²) >= 11 is 0. The van der Waals surface area contributed by atoms with Crippen LogP contribution in [-0.4, -0.2) is 34.4 Å². The first-order chi connectivity index (χ1) is 12.0. The highest BCUT2D eigenvalue weighted by Crippen LogP contribution is 2.25. The molecular formula is C18H18FN3O3. The van der Waals surface area contributed by atoms with Gasteiger partial charge in [-0.15, -0.1) is 0 Å². The minimum atomic E-state index is -0.851. The summed E-state index contributed by atoms with van der Waals surface area (Å²) in [6, 6.07) is 7.47. The number of aromatic nitrogens is 1. The van der Waals surface area contributed by atoms with Crippen molar-refractivity contribution in [3.63, 3.8) is 0 Å².